The molecule has 35 heavy (non-hydrogen) atoms. The molecule has 1 saturated heterocycles. The Morgan fingerprint density at radius 3 is 2.60 bits per heavy atom. The third kappa shape index (κ3) is 5.44. The van der Waals surface area contributed by atoms with E-state index < -0.39 is 0 Å². The lowest BCUT2D eigenvalue weighted by atomic mass is 10.2. The molecule has 3 aromatic rings. The SMILES string of the molecule is Cc1cccc(OCCN2C(=O)S/C(=C\c3ccc(OCc4ccc5c(c4)OCO5)cc3)C2=O)c1. The summed E-state index contributed by atoms with van der Waals surface area (Å²) in [5, 5.41) is -0.294. The van der Waals surface area contributed by atoms with E-state index in [0.717, 1.165) is 40.0 Å². The summed E-state index contributed by atoms with van der Waals surface area (Å²) in [6.07, 6.45) is 1.72. The first-order chi connectivity index (χ1) is 17.0. The first kappa shape index (κ1) is 22.9. The number of carbonyl (C=O) groups is 2. The summed E-state index contributed by atoms with van der Waals surface area (Å²) in [6.45, 7) is 3.04. The molecule has 0 N–H and O–H groups in total. The summed E-state index contributed by atoms with van der Waals surface area (Å²) in [4.78, 5) is 26.7. The molecule has 8 heteroatoms. The number of benzene rings is 3. The molecular weight excluding hydrogens is 466 g/mol. The zero-order chi connectivity index (χ0) is 24.2. The van der Waals surface area contributed by atoms with Crippen LogP contribution in [0, 0.1) is 6.92 Å². The number of ether oxygens (including phenoxy) is 4. The molecular formula is C27H23NO6S. The first-order valence-corrected chi connectivity index (χ1v) is 11.9. The van der Waals surface area contributed by atoms with E-state index in [9.17, 15) is 9.59 Å². The average molecular weight is 490 g/mol. The van der Waals surface area contributed by atoms with Gasteiger partial charge in [-0.25, -0.2) is 0 Å². The summed E-state index contributed by atoms with van der Waals surface area (Å²) in [6, 6.07) is 20.7. The predicted octanol–water partition coefficient (Wildman–Crippen LogP) is 5.42. The quantitative estimate of drug-likeness (QED) is 0.391. The van der Waals surface area contributed by atoms with Crippen molar-refractivity contribution in [3.05, 3.63) is 88.3 Å². The van der Waals surface area contributed by atoms with Crippen molar-refractivity contribution in [1.82, 2.24) is 4.90 Å². The molecule has 0 bridgehead atoms. The number of aryl methyl sites for hydroxylation is 1. The Kier molecular flexibility index (Phi) is 6.63. The third-order valence-corrected chi connectivity index (χ3v) is 6.37. The van der Waals surface area contributed by atoms with Crippen molar-refractivity contribution in [3.8, 4) is 23.0 Å². The Hall–Kier alpha value is -3.91. The highest BCUT2D eigenvalue weighted by Crippen LogP contribution is 2.34. The van der Waals surface area contributed by atoms with Gasteiger partial charge in [0.05, 0.1) is 11.4 Å². The molecule has 0 atom stereocenters. The van der Waals surface area contributed by atoms with E-state index in [4.69, 9.17) is 18.9 Å². The molecule has 1 fully saturated rings. The molecule has 0 aromatic heterocycles. The number of nitrogens with zero attached hydrogens (tertiary/aromatic N) is 1. The summed E-state index contributed by atoms with van der Waals surface area (Å²) >= 11 is 0.936. The smallest absolute Gasteiger partial charge is 0.293 e. The maximum absolute atomic E-state index is 12.7. The number of hydrogen-bond donors (Lipinski definition) is 0. The van der Waals surface area contributed by atoms with Crippen LogP contribution in [0.1, 0.15) is 16.7 Å². The van der Waals surface area contributed by atoms with Crippen molar-refractivity contribution in [2.45, 2.75) is 13.5 Å². The molecule has 7 nitrogen and oxygen atoms in total. The van der Waals surface area contributed by atoms with Crippen LogP contribution in [0.15, 0.2) is 71.6 Å². The summed E-state index contributed by atoms with van der Waals surface area (Å²) in [5.74, 6) is 2.56. The van der Waals surface area contributed by atoms with E-state index in [-0.39, 0.29) is 31.1 Å². The molecule has 3 aromatic carbocycles. The average Bonchev–Trinajstić information content (AvgIpc) is 3.43. The van der Waals surface area contributed by atoms with Crippen LogP contribution < -0.4 is 18.9 Å². The Bertz CT molecular complexity index is 1290. The second-order valence-electron chi connectivity index (χ2n) is 8.04. The number of carbonyl (C=O) groups excluding carboxylic acids is 2. The van der Waals surface area contributed by atoms with Crippen molar-refractivity contribution in [1.29, 1.82) is 0 Å². The lowest BCUT2D eigenvalue weighted by Gasteiger charge is -2.13. The lowest BCUT2D eigenvalue weighted by molar-refractivity contribution is -0.123. The molecule has 2 heterocycles. The fourth-order valence-electron chi connectivity index (χ4n) is 3.66. The standard InChI is InChI=1S/C27H23NO6S/c1-18-3-2-4-22(13-18)31-12-11-28-26(29)25(35-27(28)30)15-19-5-8-21(9-6-19)32-16-20-7-10-23-24(14-20)34-17-33-23/h2-10,13-15H,11-12,16-17H2,1H3/b25-15-. The van der Waals surface area contributed by atoms with Crippen LogP contribution in [0.2, 0.25) is 0 Å². The van der Waals surface area contributed by atoms with E-state index >= 15 is 0 Å². The Morgan fingerprint density at radius 2 is 1.77 bits per heavy atom. The topological polar surface area (TPSA) is 74.3 Å². The second kappa shape index (κ2) is 10.1. The molecule has 0 unspecified atom stereocenters. The highest BCUT2D eigenvalue weighted by atomic mass is 32.2. The van der Waals surface area contributed by atoms with Gasteiger partial charge in [0, 0.05) is 0 Å². The van der Waals surface area contributed by atoms with E-state index in [2.05, 4.69) is 0 Å². The van der Waals surface area contributed by atoms with E-state index in [1.807, 2.05) is 73.7 Å². The normalized spacial score (nSPS) is 15.7. The van der Waals surface area contributed by atoms with Gasteiger partial charge in [0.15, 0.2) is 11.5 Å². The third-order valence-electron chi connectivity index (χ3n) is 5.47. The van der Waals surface area contributed by atoms with Gasteiger partial charge in [-0.1, -0.05) is 30.3 Å². The van der Waals surface area contributed by atoms with Gasteiger partial charge < -0.3 is 18.9 Å². The fraction of sp³-hybridized carbons (Fsp3) is 0.185. The van der Waals surface area contributed by atoms with Gasteiger partial charge in [-0.3, -0.25) is 14.5 Å². The van der Waals surface area contributed by atoms with Gasteiger partial charge in [-0.05, 0) is 77.9 Å². The van der Waals surface area contributed by atoms with Crippen molar-refractivity contribution >= 4 is 29.0 Å². The van der Waals surface area contributed by atoms with Crippen LogP contribution in [-0.4, -0.2) is 36.0 Å². The number of fused-ring (bicyclic) bond motifs is 1. The Labute approximate surface area is 207 Å². The molecule has 2 aliphatic rings. The Balaban J connectivity index is 1.15. The van der Waals surface area contributed by atoms with Gasteiger partial charge in [0.25, 0.3) is 11.1 Å². The van der Waals surface area contributed by atoms with Crippen molar-refractivity contribution in [2.75, 3.05) is 19.9 Å². The summed E-state index contributed by atoms with van der Waals surface area (Å²) < 4.78 is 22.3. The minimum atomic E-state index is -0.309. The number of thioether (sulfide) groups is 1. The predicted molar refractivity (Wildman–Crippen MR) is 133 cm³/mol. The van der Waals surface area contributed by atoms with Gasteiger partial charge >= 0.3 is 0 Å². The number of rotatable bonds is 8. The largest absolute Gasteiger partial charge is 0.492 e. The first-order valence-electron chi connectivity index (χ1n) is 11.1. The zero-order valence-corrected chi connectivity index (χ0v) is 19.9. The minimum Gasteiger partial charge on any atom is -0.492 e. The minimum absolute atomic E-state index is 0.197. The zero-order valence-electron chi connectivity index (χ0n) is 19.1. The maximum Gasteiger partial charge on any atom is 0.293 e. The van der Waals surface area contributed by atoms with Crippen LogP contribution in [0.4, 0.5) is 4.79 Å². The highest BCUT2D eigenvalue weighted by molar-refractivity contribution is 8.18. The fourth-order valence-corrected chi connectivity index (χ4v) is 4.53. The van der Waals surface area contributed by atoms with Crippen LogP contribution in [0.3, 0.4) is 0 Å². The van der Waals surface area contributed by atoms with Crippen molar-refractivity contribution in [3.63, 3.8) is 0 Å². The number of amides is 2. The molecule has 0 spiro atoms. The summed E-state index contributed by atoms with van der Waals surface area (Å²) in [7, 11) is 0. The maximum atomic E-state index is 12.7. The van der Waals surface area contributed by atoms with Crippen molar-refractivity contribution < 1.29 is 28.5 Å². The molecule has 0 aliphatic carbocycles. The van der Waals surface area contributed by atoms with Crippen LogP contribution >= 0.6 is 11.8 Å². The van der Waals surface area contributed by atoms with Gasteiger partial charge in [0.1, 0.15) is 24.7 Å². The van der Waals surface area contributed by atoms with E-state index in [1.165, 1.54) is 4.90 Å². The molecule has 0 saturated carbocycles. The van der Waals surface area contributed by atoms with Crippen LogP contribution in [-0.2, 0) is 11.4 Å². The number of hydrogen-bond acceptors (Lipinski definition) is 7. The lowest BCUT2D eigenvalue weighted by Crippen LogP contribution is -2.32. The van der Waals surface area contributed by atoms with Crippen LogP contribution in [0.25, 0.3) is 6.08 Å². The Morgan fingerprint density at radius 1 is 0.943 bits per heavy atom. The van der Waals surface area contributed by atoms with Gasteiger partial charge in [-0.2, -0.15) is 0 Å². The molecule has 178 valence electrons. The molecule has 0 radical (unpaired) electrons. The highest BCUT2D eigenvalue weighted by Gasteiger charge is 2.34. The second-order valence-corrected chi connectivity index (χ2v) is 9.04. The molecule has 2 aliphatic heterocycles. The number of imide groups is 1. The summed E-state index contributed by atoms with van der Waals surface area (Å²) in [5.41, 5.74) is 2.86. The molecule has 5 rings (SSSR count). The van der Waals surface area contributed by atoms with Gasteiger partial charge in [0.2, 0.25) is 6.79 Å². The van der Waals surface area contributed by atoms with Crippen LogP contribution in [0.5, 0.6) is 23.0 Å². The van der Waals surface area contributed by atoms with Gasteiger partial charge in [-0.15, -0.1) is 0 Å². The van der Waals surface area contributed by atoms with E-state index in [0.29, 0.717) is 23.0 Å². The van der Waals surface area contributed by atoms with Crippen molar-refractivity contribution in [2.24, 2.45) is 0 Å². The monoisotopic (exact) mass is 489 g/mol. The molecule has 2 amide bonds. The van der Waals surface area contributed by atoms with E-state index in [1.54, 1.807) is 6.08 Å².